The van der Waals surface area contributed by atoms with E-state index in [4.69, 9.17) is 28.4 Å². The first kappa shape index (κ1) is 21.0. The van der Waals surface area contributed by atoms with Crippen molar-refractivity contribution in [3.8, 4) is 28.7 Å². The Hall–Kier alpha value is -3.35. The number of hydrogen-bond donors (Lipinski definition) is 0. The summed E-state index contributed by atoms with van der Waals surface area (Å²) >= 11 is 0. The van der Waals surface area contributed by atoms with Crippen LogP contribution in [-0.4, -0.2) is 48.6 Å². The van der Waals surface area contributed by atoms with Crippen molar-refractivity contribution in [3.05, 3.63) is 41.0 Å². The number of rotatable bonds is 8. The maximum atomic E-state index is 12.3. The summed E-state index contributed by atoms with van der Waals surface area (Å²) in [5.41, 5.74) is 1.67. The lowest BCUT2D eigenvalue weighted by atomic mass is 10.0. The minimum absolute atomic E-state index is 0.300. The van der Waals surface area contributed by atoms with Gasteiger partial charge < -0.3 is 28.4 Å². The molecule has 2 aromatic rings. The van der Waals surface area contributed by atoms with Crippen molar-refractivity contribution < 1.29 is 33.2 Å². The van der Waals surface area contributed by atoms with E-state index in [-0.39, 0.29) is 0 Å². The van der Waals surface area contributed by atoms with E-state index in [2.05, 4.69) is 0 Å². The van der Waals surface area contributed by atoms with E-state index in [9.17, 15) is 4.79 Å². The number of ether oxygens (including phenoxy) is 6. The van der Waals surface area contributed by atoms with Crippen molar-refractivity contribution in [2.24, 2.45) is 0 Å². The van der Waals surface area contributed by atoms with Crippen LogP contribution in [0.5, 0.6) is 28.7 Å². The highest BCUT2D eigenvalue weighted by Crippen LogP contribution is 2.39. The van der Waals surface area contributed by atoms with Crippen LogP contribution in [0, 0.1) is 0 Å². The van der Waals surface area contributed by atoms with Gasteiger partial charge in [-0.25, -0.2) is 4.79 Å². The summed E-state index contributed by atoms with van der Waals surface area (Å²) in [5.74, 6) is 1.95. The summed E-state index contributed by atoms with van der Waals surface area (Å²) in [4.78, 5) is 12.3. The average molecular weight is 388 g/mol. The molecule has 0 bridgehead atoms. The predicted octanol–water partition coefficient (Wildman–Crippen LogP) is 3.69. The van der Waals surface area contributed by atoms with Crippen LogP contribution in [0.25, 0.3) is 12.2 Å². The van der Waals surface area contributed by atoms with Crippen molar-refractivity contribution in [1.82, 2.24) is 0 Å². The molecule has 0 heterocycles. The van der Waals surface area contributed by atoms with Crippen LogP contribution < -0.4 is 23.7 Å². The fourth-order valence-electron chi connectivity index (χ4n) is 2.73. The van der Waals surface area contributed by atoms with Crippen molar-refractivity contribution in [3.63, 3.8) is 0 Å². The number of benzene rings is 2. The standard InChI is InChI=1S/C21H24O7/c1-23-15-11-14(19(21(22)28-6)16(12-15)24-2)8-7-13-9-17(25-3)20(27-5)18(10-13)26-4/h7-12H,1-6H3. The first-order valence-electron chi connectivity index (χ1n) is 8.35. The summed E-state index contributed by atoms with van der Waals surface area (Å²) in [6, 6.07) is 6.95. The van der Waals surface area contributed by atoms with Crippen LogP contribution in [0.3, 0.4) is 0 Å². The van der Waals surface area contributed by atoms with Gasteiger partial charge in [-0.3, -0.25) is 0 Å². The Morgan fingerprint density at radius 2 is 1.32 bits per heavy atom. The molecule has 0 aliphatic carbocycles. The van der Waals surface area contributed by atoms with Crippen molar-refractivity contribution in [2.45, 2.75) is 0 Å². The van der Waals surface area contributed by atoms with E-state index in [1.165, 1.54) is 14.2 Å². The normalized spacial score (nSPS) is 10.5. The van der Waals surface area contributed by atoms with Gasteiger partial charge in [0.15, 0.2) is 11.5 Å². The third-order valence-corrected chi connectivity index (χ3v) is 4.09. The monoisotopic (exact) mass is 388 g/mol. The summed E-state index contributed by atoms with van der Waals surface area (Å²) in [6.45, 7) is 0. The Morgan fingerprint density at radius 3 is 1.79 bits per heavy atom. The smallest absolute Gasteiger partial charge is 0.342 e. The van der Waals surface area contributed by atoms with Crippen LogP contribution >= 0.6 is 0 Å². The van der Waals surface area contributed by atoms with E-state index in [1.54, 1.807) is 58.8 Å². The molecular weight excluding hydrogens is 364 g/mol. The van der Waals surface area contributed by atoms with Crippen LogP contribution in [0.2, 0.25) is 0 Å². The van der Waals surface area contributed by atoms with Gasteiger partial charge >= 0.3 is 5.97 Å². The lowest BCUT2D eigenvalue weighted by Crippen LogP contribution is -2.07. The minimum Gasteiger partial charge on any atom is -0.497 e. The Kier molecular flexibility index (Phi) is 7.14. The lowest BCUT2D eigenvalue weighted by Gasteiger charge is -2.14. The summed E-state index contributed by atoms with van der Waals surface area (Å²) in [7, 11) is 8.98. The Bertz CT molecular complexity index is 846. The van der Waals surface area contributed by atoms with Gasteiger partial charge in [-0.2, -0.15) is 0 Å². The van der Waals surface area contributed by atoms with Crippen molar-refractivity contribution >= 4 is 18.1 Å². The zero-order chi connectivity index (χ0) is 20.7. The summed E-state index contributed by atoms with van der Waals surface area (Å²) in [6.07, 6.45) is 3.57. The molecule has 0 aliphatic rings. The summed E-state index contributed by atoms with van der Waals surface area (Å²) < 4.78 is 31.6. The molecular formula is C21H24O7. The van der Waals surface area contributed by atoms with Crippen LogP contribution in [0.1, 0.15) is 21.5 Å². The molecule has 0 N–H and O–H groups in total. The molecule has 28 heavy (non-hydrogen) atoms. The van der Waals surface area contributed by atoms with Gasteiger partial charge in [0, 0.05) is 6.07 Å². The highest BCUT2D eigenvalue weighted by Gasteiger charge is 2.19. The third-order valence-electron chi connectivity index (χ3n) is 4.09. The number of esters is 1. The second-order valence-corrected chi connectivity index (χ2v) is 5.58. The fourth-order valence-corrected chi connectivity index (χ4v) is 2.73. The van der Waals surface area contributed by atoms with E-state index in [0.717, 1.165) is 5.56 Å². The highest BCUT2D eigenvalue weighted by molar-refractivity contribution is 5.98. The second kappa shape index (κ2) is 9.55. The molecule has 2 aromatic carbocycles. The molecule has 0 aromatic heterocycles. The Labute approximate surface area is 164 Å². The SMILES string of the molecule is COC(=O)c1c(C=Cc2cc(OC)c(OC)c(OC)c2)cc(OC)cc1OC. The van der Waals surface area contributed by atoms with Gasteiger partial charge in [-0.1, -0.05) is 12.2 Å². The zero-order valence-electron chi connectivity index (χ0n) is 16.8. The first-order valence-corrected chi connectivity index (χ1v) is 8.35. The molecule has 0 fully saturated rings. The lowest BCUT2D eigenvalue weighted by molar-refractivity contribution is 0.0597. The van der Waals surface area contributed by atoms with Crippen LogP contribution in [0.15, 0.2) is 24.3 Å². The van der Waals surface area contributed by atoms with Gasteiger partial charge in [0.05, 0.1) is 42.7 Å². The molecule has 0 atom stereocenters. The molecule has 0 amide bonds. The quantitative estimate of drug-likeness (QED) is 0.504. The molecule has 0 saturated carbocycles. The second-order valence-electron chi connectivity index (χ2n) is 5.58. The zero-order valence-corrected chi connectivity index (χ0v) is 16.8. The van der Waals surface area contributed by atoms with Gasteiger partial charge in [0.2, 0.25) is 5.75 Å². The highest BCUT2D eigenvalue weighted by atomic mass is 16.5. The minimum atomic E-state index is -0.510. The van der Waals surface area contributed by atoms with Crippen LogP contribution in [-0.2, 0) is 4.74 Å². The average Bonchev–Trinajstić information content (AvgIpc) is 2.75. The van der Waals surface area contributed by atoms with Crippen molar-refractivity contribution in [1.29, 1.82) is 0 Å². The maximum absolute atomic E-state index is 12.3. The summed E-state index contributed by atoms with van der Waals surface area (Å²) in [5, 5.41) is 0. The van der Waals surface area contributed by atoms with Gasteiger partial charge in [-0.15, -0.1) is 0 Å². The molecule has 0 spiro atoms. The molecule has 0 saturated heterocycles. The maximum Gasteiger partial charge on any atom is 0.342 e. The molecule has 150 valence electrons. The van der Waals surface area contributed by atoms with E-state index < -0.39 is 5.97 Å². The molecule has 0 radical (unpaired) electrons. The molecule has 7 nitrogen and oxygen atoms in total. The first-order chi connectivity index (χ1) is 13.5. The Morgan fingerprint density at radius 1 is 0.714 bits per heavy atom. The molecule has 0 aliphatic heterocycles. The Balaban J connectivity index is 2.58. The van der Waals surface area contributed by atoms with Gasteiger partial charge in [0.25, 0.3) is 0 Å². The topological polar surface area (TPSA) is 72.5 Å². The third kappa shape index (κ3) is 4.31. The molecule has 0 unspecified atom stereocenters. The van der Waals surface area contributed by atoms with E-state index in [1.807, 2.05) is 6.08 Å². The van der Waals surface area contributed by atoms with Crippen LogP contribution in [0.4, 0.5) is 0 Å². The number of hydrogen-bond acceptors (Lipinski definition) is 7. The van der Waals surface area contributed by atoms with Gasteiger partial charge in [0.1, 0.15) is 17.1 Å². The fraction of sp³-hybridized carbons (Fsp3) is 0.286. The number of carbonyl (C=O) groups excluding carboxylic acids is 1. The largest absolute Gasteiger partial charge is 0.497 e. The number of methoxy groups -OCH3 is 6. The van der Waals surface area contributed by atoms with Crippen molar-refractivity contribution in [2.75, 3.05) is 42.7 Å². The van der Waals surface area contributed by atoms with E-state index >= 15 is 0 Å². The van der Waals surface area contributed by atoms with Gasteiger partial charge in [-0.05, 0) is 29.3 Å². The predicted molar refractivity (Wildman–Crippen MR) is 106 cm³/mol. The molecule has 2 rings (SSSR count). The van der Waals surface area contributed by atoms with E-state index in [0.29, 0.717) is 39.9 Å². The molecule has 7 heteroatoms. The number of carbonyl (C=O) groups is 1.